The SMILES string of the molecule is O=C([ClH+])Cc1ccc2c(c1)C(=O)c1ccccc1C2=O. The van der Waals surface area contributed by atoms with Gasteiger partial charge in [0.1, 0.15) is 0 Å². The summed E-state index contributed by atoms with van der Waals surface area (Å²) in [5, 5.41) is -0.389. The lowest BCUT2D eigenvalue weighted by atomic mass is 9.83. The lowest BCUT2D eigenvalue weighted by Crippen LogP contribution is -2.21. The minimum Gasteiger partial charge on any atom is -0.289 e. The molecule has 20 heavy (non-hydrogen) atoms. The Kier molecular flexibility index (Phi) is 2.99. The van der Waals surface area contributed by atoms with Gasteiger partial charge in [-0.05, 0) is 17.7 Å². The van der Waals surface area contributed by atoms with E-state index in [1.807, 2.05) is 0 Å². The molecule has 0 aliphatic heterocycles. The molecular formula is C16H10ClO3+. The Morgan fingerprint density at radius 2 is 1.40 bits per heavy atom. The predicted octanol–water partition coefficient (Wildman–Crippen LogP) is 1.81. The number of hydrogen-bond acceptors (Lipinski definition) is 3. The van der Waals surface area contributed by atoms with Crippen molar-refractivity contribution in [1.29, 1.82) is 0 Å². The first-order valence-electron chi connectivity index (χ1n) is 6.09. The highest BCUT2D eigenvalue weighted by Gasteiger charge is 2.29. The van der Waals surface area contributed by atoms with Crippen LogP contribution in [0.3, 0.4) is 0 Å². The normalized spacial score (nSPS) is 12.8. The highest BCUT2D eigenvalue weighted by molar-refractivity contribution is 6.28. The van der Waals surface area contributed by atoms with E-state index in [0.29, 0.717) is 27.8 Å². The van der Waals surface area contributed by atoms with Crippen LogP contribution in [0.5, 0.6) is 0 Å². The van der Waals surface area contributed by atoms with Gasteiger partial charge < -0.3 is 0 Å². The maximum Gasteiger partial charge on any atom is 0.403 e. The van der Waals surface area contributed by atoms with Gasteiger partial charge in [0.05, 0.1) is 6.42 Å². The quantitative estimate of drug-likeness (QED) is 0.675. The molecule has 2 aromatic rings. The van der Waals surface area contributed by atoms with Crippen LogP contribution in [0.4, 0.5) is 0 Å². The minimum absolute atomic E-state index is 0.0890. The van der Waals surface area contributed by atoms with Crippen LogP contribution in [0.1, 0.15) is 37.4 Å². The van der Waals surface area contributed by atoms with Gasteiger partial charge in [0.15, 0.2) is 23.2 Å². The summed E-state index contributed by atoms with van der Waals surface area (Å²) >= 11 is 4.54. The maximum atomic E-state index is 12.4. The van der Waals surface area contributed by atoms with E-state index in [1.54, 1.807) is 42.5 Å². The van der Waals surface area contributed by atoms with Gasteiger partial charge in [-0.3, -0.25) is 9.59 Å². The Morgan fingerprint density at radius 3 is 2.00 bits per heavy atom. The van der Waals surface area contributed by atoms with Crippen LogP contribution in [-0.2, 0) is 11.2 Å². The zero-order valence-corrected chi connectivity index (χ0v) is 11.2. The Bertz CT molecular complexity index is 762. The van der Waals surface area contributed by atoms with Gasteiger partial charge in [-0.1, -0.05) is 30.3 Å². The van der Waals surface area contributed by atoms with Gasteiger partial charge in [0.25, 0.3) is 0 Å². The van der Waals surface area contributed by atoms with E-state index in [2.05, 4.69) is 11.6 Å². The average molecular weight is 286 g/mol. The molecule has 0 fully saturated rings. The second-order valence-electron chi connectivity index (χ2n) is 4.63. The zero-order valence-electron chi connectivity index (χ0n) is 10.4. The van der Waals surface area contributed by atoms with Crippen molar-refractivity contribution in [2.24, 2.45) is 0 Å². The smallest absolute Gasteiger partial charge is 0.289 e. The van der Waals surface area contributed by atoms with Crippen molar-refractivity contribution < 1.29 is 26.0 Å². The number of rotatable bonds is 2. The molecular weight excluding hydrogens is 276 g/mol. The Hall–Kier alpha value is -2.26. The van der Waals surface area contributed by atoms with Gasteiger partial charge in [-0.2, -0.15) is 0 Å². The number of benzene rings is 2. The van der Waals surface area contributed by atoms with Gasteiger partial charge in [0, 0.05) is 22.3 Å². The summed E-state index contributed by atoms with van der Waals surface area (Å²) in [4.78, 5) is 35.8. The summed E-state index contributed by atoms with van der Waals surface area (Å²) in [6, 6.07) is 11.6. The van der Waals surface area contributed by atoms with E-state index in [4.69, 9.17) is 0 Å². The molecule has 0 radical (unpaired) electrons. The highest BCUT2D eigenvalue weighted by atomic mass is 35.5. The highest BCUT2D eigenvalue weighted by Crippen LogP contribution is 2.27. The van der Waals surface area contributed by atoms with Crippen molar-refractivity contribution in [3.05, 3.63) is 70.3 Å². The summed E-state index contributed by atoms with van der Waals surface area (Å²) in [6.45, 7) is 0. The molecule has 0 atom stereocenters. The van der Waals surface area contributed by atoms with Crippen LogP contribution in [0, 0.1) is 11.6 Å². The number of ketones is 2. The fraction of sp³-hybridized carbons (Fsp3) is 0.0625. The number of carbonyl (C=O) groups is 3. The molecule has 0 aromatic heterocycles. The van der Waals surface area contributed by atoms with Crippen LogP contribution in [0.2, 0.25) is 0 Å². The molecule has 0 saturated carbocycles. The average Bonchev–Trinajstić information content (AvgIpc) is 2.44. The molecule has 0 bridgehead atoms. The standard InChI is InChI=1S/C16H10ClO3/c17-14(18)8-9-5-6-12-13(7-9)16(20)11-4-2-1-3-10(11)15(12)19/h1-7,17H,8H2/q+1. The molecule has 3 rings (SSSR count). The zero-order chi connectivity index (χ0) is 14.3. The molecule has 0 heterocycles. The van der Waals surface area contributed by atoms with Crippen molar-refractivity contribution in [3.8, 4) is 0 Å². The van der Waals surface area contributed by atoms with Crippen molar-refractivity contribution in [3.63, 3.8) is 0 Å². The Morgan fingerprint density at radius 1 is 0.850 bits per heavy atom. The monoisotopic (exact) mass is 285 g/mol. The van der Waals surface area contributed by atoms with E-state index >= 15 is 0 Å². The minimum atomic E-state index is -0.389. The molecule has 0 spiro atoms. The van der Waals surface area contributed by atoms with Crippen molar-refractivity contribution in [2.75, 3.05) is 0 Å². The fourth-order valence-corrected chi connectivity index (χ4v) is 2.59. The molecule has 0 saturated heterocycles. The van der Waals surface area contributed by atoms with Gasteiger partial charge in [-0.15, -0.1) is 0 Å². The molecule has 3 nitrogen and oxygen atoms in total. The molecule has 98 valence electrons. The number of carbonyl (C=O) groups excluding carboxylic acids is 3. The van der Waals surface area contributed by atoms with Gasteiger partial charge in [-0.25, -0.2) is 4.79 Å². The first-order chi connectivity index (χ1) is 9.58. The fourth-order valence-electron chi connectivity index (χ4n) is 2.42. The molecule has 4 heteroatoms. The second-order valence-corrected chi connectivity index (χ2v) is 5.09. The number of fused-ring (bicyclic) bond motifs is 2. The third-order valence-corrected chi connectivity index (χ3v) is 3.48. The number of halogens is 1. The van der Waals surface area contributed by atoms with E-state index in [9.17, 15) is 14.4 Å². The maximum absolute atomic E-state index is 12.4. The van der Waals surface area contributed by atoms with Crippen LogP contribution < -0.4 is 0 Å². The van der Waals surface area contributed by atoms with Crippen LogP contribution in [0.25, 0.3) is 0 Å². The molecule has 2 aromatic carbocycles. The largest absolute Gasteiger partial charge is 0.403 e. The van der Waals surface area contributed by atoms with E-state index in [-0.39, 0.29) is 23.2 Å². The van der Waals surface area contributed by atoms with E-state index < -0.39 is 0 Å². The Labute approximate surface area is 120 Å². The third kappa shape index (κ3) is 1.96. The molecule has 0 amide bonds. The van der Waals surface area contributed by atoms with Crippen LogP contribution in [-0.4, -0.2) is 16.8 Å². The molecule has 1 aliphatic carbocycles. The van der Waals surface area contributed by atoms with Crippen molar-refractivity contribution in [2.45, 2.75) is 6.42 Å². The van der Waals surface area contributed by atoms with E-state index in [1.165, 1.54) is 0 Å². The van der Waals surface area contributed by atoms with Crippen molar-refractivity contribution in [1.82, 2.24) is 0 Å². The molecule has 0 N–H and O–H groups in total. The number of hydrogen-bond donors (Lipinski definition) is 0. The van der Waals surface area contributed by atoms with Crippen molar-refractivity contribution >= 4 is 16.8 Å². The lowest BCUT2D eigenvalue weighted by Gasteiger charge is -2.17. The Balaban J connectivity index is 2.16. The summed E-state index contributed by atoms with van der Waals surface area (Å²) in [7, 11) is 0. The van der Waals surface area contributed by atoms with Crippen LogP contribution >= 0.6 is 0 Å². The topological polar surface area (TPSA) is 51.2 Å². The summed E-state index contributed by atoms with van der Waals surface area (Å²) in [6.07, 6.45) is 0.0890. The molecule has 1 aliphatic rings. The van der Waals surface area contributed by atoms with E-state index in [0.717, 1.165) is 0 Å². The summed E-state index contributed by atoms with van der Waals surface area (Å²) in [5.41, 5.74) is 2.23. The second kappa shape index (κ2) is 4.69. The molecule has 0 unspecified atom stereocenters. The van der Waals surface area contributed by atoms with Crippen LogP contribution in [0.15, 0.2) is 42.5 Å². The summed E-state index contributed by atoms with van der Waals surface area (Å²) < 4.78 is 0. The predicted molar refractivity (Wildman–Crippen MR) is 69.9 cm³/mol. The first-order valence-corrected chi connectivity index (χ1v) is 6.50. The van der Waals surface area contributed by atoms with Gasteiger partial charge >= 0.3 is 5.24 Å². The first kappa shape index (κ1) is 12.8. The lowest BCUT2D eigenvalue weighted by molar-refractivity contribution is -0.304. The third-order valence-electron chi connectivity index (χ3n) is 3.34. The summed E-state index contributed by atoms with van der Waals surface area (Å²) in [5.74, 6) is -0.347. The van der Waals surface area contributed by atoms with Gasteiger partial charge in [0.2, 0.25) is 0 Å².